The lowest BCUT2D eigenvalue weighted by molar-refractivity contribution is 0.0821. The average Bonchev–Trinajstić information content (AvgIpc) is 2.47. The molecule has 20 heavy (non-hydrogen) atoms. The number of piperazine rings is 1. The molecule has 1 aliphatic heterocycles. The maximum atomic E-state index is 10.6. The molecule has 0 saturated carbocycles. The summed E-state index contributed by atoms with van der Waals surface area (Å²) in [5.41, 5.74) is 2.05. The van der Waals surface area contributed by atoms with Gasteiger partial charge in [0.05, 0.1) is 13.2 Å². The van der Waals surface area contributed by atoms with E-state index in [0.29, 0.717) is 0 Å². The number of benzene rings is 1. The van der Waals surface area contributed by atoms with Gasteiger partial charge in [-0.3, -0.25) is 0 Å². The van der Waals surface area contributed by atoms with Crippen molar-refractivity contribution >= 4 is 0 Å². The highest BCUT2D eigenvalue weighted by Gasteiger charge is 2.23. The van der Waals surface area contributed by atoms with Crippen LogP contribution in [0.5, 0.6) is 5.75 Å². The summed E-state index contributed by atoms with van der Waals surface area (Å²) < 4.78 is 5.38. The van der Waals surface area contributed by atoms with Crippen molar-refractivity contribution in [2.24, 2.45) is 5.92 Å². The number of hydrogen-bond donors (Lipinski definition) is 2. The zero-order chi connectivity index (χ0) is 14.5. The first-order valence-electron chi connectivity index (χ1n) is 7.37. The minimum Gasteiger partial charge on any atom is -0.496 e. The van der Waals surface area contributed by atoms with Crippen LogP contribution in [0.3, 0.4) is 0 Å². The van der Waals surface area contributed by atoms with Gasteiger partial charge in [-0.2, -0.15) is 0 Å². The molecule has 4 nitrogen and oxygen atoms in total. The highest BCUT2D eigenvalue weighted by atomic mass is 16.5. The summed E-state index contributed by atoms with van der Waals surface area (Å²) in [6.07, 6.45) is -0.486. The molecule has 0 bridgehead atoms. The Kier molecular flexibility index (Phi) is 5.40. The van der Waals surface area contributed by atoms with E-state index in [2.05, 4.69) is 17.1 Å². The van der Waals surface area contributed by atoms with Gasteiger partial charge >= 0.3 is 0 Å². The molecule has 1 aromatic rings. The highest BCUT2D eigenvalue weighted by Crippen LogP contribution is 2.31. The van der Waals surface area contributed by atoms with Crippen LogP contribution in [0.15, 0.2) is 18.2 Å². The first-order chi connectivity index (χ1) is 9.61. The van der Waals surface area contributed by atoms with Gasteiger partial charge in [-0.25, -0.2) is 0 Å². The minimum atomic E-state index is -0.486. The summed E-state index contributed by atoms with van der Waals surface area (Å²) in [4.78, 5) is 2.41. The molecule has 1 aliphatic rings. The van der Waals surface area contributed by atoms with Crippen molar-refractivity contribution in [3.05, 3.63) is 29.3 Å². The molecule has 4 heteroatoms. The molecule has 112 valence electrons. The predicted octanol–water partition coefficient (Wildman–Crippen LogP) is 1.58. The Balaban J connectivity index is 2.05. The summed E-state index contributed by atoms with van der Waals surface area (Å²) in [5.74, 6) is 0.957. The zero-order valence-electron chi connectivity index (χ0n) is 12.7. The maximum Gasteiger partial charge on any atom is 0.124 e. The molecule has 0 aliphatic carbocycles. The smallest absolute Gasteiger partial charge is 0.124 e. The Labute approximate surface area is 121 Å². The summed E-state index contributed by atoms with van der Waals surface area (Å²) in [5, 5.41) is 14.0. The second-order valence-electron chi connectivity index (χ2n) is 5.72. The third-order valence-corrected chi connectivity index (χ3v) is 4.00. The van der Waals surface area contributed by atoms with Crippen LogP contribution in [0.25, 0.3) is 0 Å². The van der Waals surface area contributed by atoms with E-state index in [1.54, 1.807) is 7.11 Å². The summed E-state index contributed by atoms with van der Waals surface area (Å²) in [7, 11) is 1.65. The molecule has 1 heterocycles. The van der Waals surface area contributed by atoms with Crippen molar-refractivity contribution < 1.29 is 9.84 Å². The van der Waals surface area contributed by atoms with Crippen LogP contribution in [0.1, 0.15) is 24.2 Å². The fraction of sp³-hybridized carbons (Fsp3) is 0.625. The average molecular weight is 278 g/mol. The van der Waals surface area contributed by atoms with E-state index in [9.17, 15) is 5.11 Å². The Morgan fingerprint density at radius 1 is 1.35 bits per heavy atom. The normalized spacial score (nSPS) is 19.6. The van der Waals surface area contributed by atoms with Crippen LogP contribution < -0.4 is 10.1 Å². The first kappa shape index (κ1) is 15.3. The Bertz CT molecular complexity index is 430. The largest absolute Gasteiger partial charge is 0.496 e. The highest BCUT2D eigenvalue weighted by molar-refractivity contribution is 5.38. The molecule has 1 saturated heterocycles. The van der Waals surface area contributed by atoms with E-state index in [1.165, 1.54) is 0 Å². The number of ether oxygens (including phenoxy) is 1. The summed E-state index contributed by atoms with van der Waals surface area (Å²) >= 11 is 0. The molecule has 2 rings (SSSR count). The van der Waals surface area contributed by atoms with Gasteiger partial charge in [0.25, 0.3) is 0 Å². The van der Waals surface area contributed by atoms with Gasteiger partial charge in [0.15, 0.2) is 0 Å². The van der Waals surface area contributed by atoms with Gasteiger partial charge in [-0.05, 0) is 25.0 Å². The van der Waals surface area contributed by atoms with Crippen LogP contribution in [-0.4, -0.2) is 49.8 Å². The minimum absolute atomic E-state index is 0.184. The number of methoxy groups -OCH3 is 1. The van der Waals surface area contributed by atoms with Crippen LogP contribution in [0.2, 0.25) is 0 Å². The number of aryl methyl sites for hydroxylation is 1. The van der Waals surface area contributed by atoms with Crippen LogP contribution in [0, 0.1) is 12.8 Å². The Hall–Kier alpha value is -1.10. The number of aliphatic hydroxyl groups excluding tert-OH is 1. The first-order valence-corrected chi connectivity index (χ1v) is 7.37. The van der Waals surface area contributed by atoms with Gasteiger partial charge in [0, 0.05) is 38.3 Å². The number of hydrogen-bond acceptors (Lipinski definition) is 4. The van der Waals surface area contributed by atoms with Gasteiger partial charge in [-0.15, -0.1) is 0 Å². The molecule has 1 fully saturated rings. The van der Waals surface area contributed by atoms with Gasteiger partial charge in [0.1, 0.15) is 5.75 Å². The second-order valence-corrected chi connectivity index (χ2v) is 5.72. The lowest BCUT2D eigenvalue weighted by Gasteiger charge is -2.31. The van der Waals surface area contributed by atoms with Crippen LogP contribution in [0.4, 0.5) is 0 Å². The van der Waals surface area contributed by atoms with Gasteiger partial charge < -0.3 is 20.1 Å². The predicted molar refractivity (Wildman–Crippen MR) is 81.2 cm³/mol. The number of nitrogens with zero attached hydrogens (tertiary/aromatic N) is 1. The topological polar surface area (TPSA) is 44.7 Å². The lowest BCUT2D eigenvalue weighted by atomic mass is 9.94. The molecule has 1 aromatic carbocycles. The molecular formula is C16H26N2O2. The molecule has 0 amide bonds. The van der Waals surface area contributed by atoms with Crippen molar-refractivity contribution in [1.82, 2.24) is 10.2 Å². The Morgan fingerprint density at radius 2 is 2.05 bits per heavy atom. The fourth-order valence-corrected chi connectivity index (χ4v) is 2.79. The Morgan fingerprint density at radius 3 is 2.70 bits per heavy atom. The summed E-state index contributed by atoms with van der Waals surface area (Å²) in [6.45, 7) is 9.25. The van der Waals surface area contributed by atoms with E-state index in [-0.39, 0.29) is 5.92 Å². The molecule has 2 unspecified atom stereocenters. The zero-order valence-corrected chi connectivity index (χ0v) is 12.7. The van der Waals surface area contributed by atoms with Gasteiger partial charge in [0.2, 0.25) is 0 Å². The summed E-state index contributed by atoms with van der Waals surface area (Å²) in [6, 6.07) is 5.97. The van der Waals surface area contributed by atoms with Gasteiger partial charge in [-0.1, -0.05) is 18.6 Å². The standard InChI is InChI=1S/C16H26N2O2/c1-12-4-5-15(20-3)14(10-12)16(19)13(2)11-18-8-6-17-7-9-18/h4-5,10,13,16-17,19H,6-9,11H2,1-3H3. The van der Waals surface area contributed by atoms with Crippen molar-refractivity contribution in [2.45, 2.75) is 20.0 Å². The van der Waals surface area contributed by atoms with Crippen LogP contribution in [-0.2, 0) is 0 Å². The molecule has 0 radical (unpaired) electrons. The van der Waals surface area contributed by atoms with Crippen molar-refractivity contribution in [2.75, 3.05) is 39.8 Å². The van der Waals surface area contributed by atoms with Crippen LogP contribution >= 0.6 is 0 Å². The van der Waals surface area contributed by atoms with E-state index >= 15 is 0 Å². The third-order valence-electron chi connectivity index (χ3n) is 4.00. The molecule has 0 spiro atoms. The molecular weight excluding hydrogens is 252 g/mol. The number of nitrogens with one attached hydrogen (secondary N) is 1. The number of rotatable bonds is 5. The third kappa shape index (κ3) is 3.72. The monoisotopic (exact) mass is 278 g/mol. The molecule has 2 atom stereocenters. The fourth-order valence-electron chi connectivity index (χ4n) is 2.79. The van der Waals surface area contributed by atoms with E-state index in [0.717, 1.165) is 49.6 Å². The van der Waals surface area contributed by atoms with Crippen molar-refractivity contribution in [3.63, 3.8) is 0 Å². The lowest BCUT2D eigenvalue weighted by Crippen LogP contribution is -2.45. The molecule has 2 N–H and O–H groups in total. The SMILES string of the molecule is COc1ccc(C)cc1C(O)C(C)CN1CCNCC1. The number of aliphatic hydroxyl groups is 1. The van der Waals surface area contributed by atoms with E-state index < -0.39 is 6.10 Å². The maximum absolute atomic E-state index is 10.6. The van der Waals surface area contributed by atoms with Crippen molar-refractivity contribution in [1.29, 1.82) is 0 Å². The quantitative estimate of drug-likeness (QED) is 0.858. The second kappa shape index (κ2) is 7.07. The van der Waals surface area contributed by atoms with Crippen molar-refractivity contribution in [3.8, 4) is 5.75 Å². The van der Waals surface area contributed by atoms with E-state index in [1.807, 2.05) is 25.1 Å². The molecule has 0 aromatic heterocycles. The van der Waals surface area contributed by atoms with E-state index in [4.69, 9.17) is 4.74 Å².